The molecule has 0 radical (unpaired) electrons. The summed E-state index contributed by atoms with van der Waals surface area (Å²) in [6, 6.07) is -4.21. The van der Waals surface area contributed by atoms with Gasteiger partial charge in [-0.05, 0) is 87.8 Å². The minimum atomic E-state index is -1.84. The molecule has 1 aliphatic heterocycles. The Kier molecular flexibility index (Phi) is 28.0. The summed E-state index contributed by atoms with van der Waals surface area (Å²) in [6.07, 6.45) is 1.10. The zero-order valence-electron chi connectivity index (χ0n) is 42.6. The number of thioether (sulfide) groups is 1. The van der Waals surface area contributed by atoms with Crippen molar-refractivity contribution in [3.63, 3.8) is 0 Å². The van der Waals surface area contributed by atoms with Gasteiger partial charge in [0.1, 0.15) is 48.3 Å². The number of nitrogens with one attached hydrogen (secondary N) is 7. The van der Waals surface area contributed by atoms with Crippen LogP contribution in [0.4, 0.5) is 0 Å². The van der Waals surface area contributed by atoms with Gasteiger partial charge in [0.25, 0.3) is 0 Å². The molecule has 8 amide bonds. The predicted molar refractivity (Wildman–Crippen MR) is 270 cm³/mol. The summed E-state index contributed by atoms with van der Waals surface area (Å²) in [5.41, 5.74) is 12.4. The van der Waals surface area contributed by atoms with E-state index < -0.39 is 139 Å². The van der Waals surface area contributed by atoms with Crippen molar-refractivity contribution in [1.82, 2.24) is 42.1 Å². The van der Waals surface area contributed by atoms with E-state index in [2.05, 4.69) is 37.2 Å². The number of carboxylic acids is 2. The number of hydrogen-bond acceptors (Lipinski definition) is 15. The molecule has 0 bridgehead atoms. The van der Waals surface area contributed by atoms with Crippen LogP contribution in [0.1, 0.15) is 98.0 Å². The summed E-state index contributed by atoms with van der Waals surface area (Å²) >= 11 is 1.37. The molecule has 2 rings (SSSR count). The zero-order chi connectivity index (χ0) is 54.9. The van der Waals surface area contributed by atoms with Crippen LogP contribution in [0.5, 0.6) is 0 Å². The highest BCUT2D eigenvalue weighted by atomic mass is 32.2. The molecule has 1 aliphatic rings. The Labute approximate surface area is 430 Å². The maximum absolute atomic E-state index is 14.1. The van der Waals surface area contributed by atoms with Crippen molar-refractivity contribution < 1.29 is 68.4 Å². The number of likely N-dealkylation sites (tertiary alicyclic amines) is 1. The normalized spacial score (nSPS) is 17.5. The average Bonchev–Trinajstić information content (AvgIpc) is 3.84. The lowest BCUT2D eigenvalue weighted by Gasteiger charge is -2.30. The topological polar surface area (TPSA) is 391 Å². The minimum Gasteiger partial charge on any atom is -0.481 e. The van der Waals surface area contributed by atoms with Crippen molar-refractivity contribution in [3.8, 4) is 0 Å². The SMILES string of the molecule is CC[C@H](C)[C@H](NC(=O)[C@@H](NC(=O)[C@H](CO)NC(=O)[C@H](CCCCN)NC(=O)[C@H](CC(=O)O)NC(=O)[C@H](Cc1ccccc1)NC(=O)[C@@H]1CCCN1C(=O)[C@@H](N)CC(C)C)[C@@H](C)O)C(=O)N[C@@H](CCSC)C(=O)O. The lowest BCUT2D eigenvalue weighted by Crippen LogP contribution is -2.63. The van der Waals surface area contributed by atoms with Crippen LogP contribution in [0.3, 0.4) is 0 Å². The Bertz CT molecular complexity index is 2020. The van der Waals surface area contributed by atoms with E-state index in [1.807, 2.05) is 13.8 Å². The van der Waals surface area contributed by atoms with Gasteiger partial charge >= 0.3 is 11.9 Å². The number of carboxylic acid groups (broad SMARTS) is 2. The van der Waals surface area contributed by atoms with Crippen LogP contribution in [-0.2, 0) is 54.4 Å². The first kappa shape index (κ1) is 63.2. The smallest absolute Gasteiger partial charge is 0.326 e. The van der Waals surface area contributed by atoms with E-state index in [4.69, 9.17) is 11.5 Å². The average molecular weight is 1050 g/mol. The maximum atomic E-state index is 14.1. The van der Waals surface area contributed by atoms with Crippen molar-refractivity contribution >= 4 is 71.0 Å². The van der Waals surface area contributed by atoms with Gasteiger partial charge in [-0.2, -0.15) is 11.8 Å². The van der Waals surface area contributed by atoms with Gasteiger partial charge in [0.2, 0.25) is 47.3 Å². The molecule has 73 heavy (non-hydrogen) atoms. The molecule has 0 aromatic heterocycles. The molecule has 0 aliphatic carbocycles. The fourth-order valence-corrected chi connectivity index (χ4v) is 8.44. The van der Waals surface area contributed by atoms with Gasteiger partial charge in [-0.3, -0.25) is 43.2 Å². The van der Waals surface area contributed by atoms with E-state index in [-0.39, 0.29) is 51.1 Å². The number of unbranched alkanes of at least 4 members (excludes halogenated alkanes) is 1. The molecule has 0 unspecified atom stereocenters. The van der Waals surface area contributed by atoms with E-state index in [9.17, 15) is 68.4 Å². The number of aliphatic hydroxyl groups excluding tert-OH is 2. The largest absolute Gasteiger partial charge is 0.481 e. The molecular weight excluding hydrogens is 973 g/mol. The third-order valence-corrected chi connectivity index (χ3v) is 12.9. The number of carbonyl (C=O) groups excluding carboxylic acids is 8. The molecule has 1 aromatic carbocycles. The lowest BCUT2D eigenvalue weighted by atomic mass is 9.97. The van der Waals surface area contributed by atoms with E-state index in [0.717, 1.165) is 6.92 Å². The lowest BCUT2D eigenvalue weighted by molar-refractivity contribution is -0.143. The molecule has 15 N–H and O–H groups in total. The number of aliphatic carboxylic acids is 2. The summed E-state index contributed by atoms with van der Waals surface area (Å²) in [4.78, 5) is 135. The van der Waals surface area contributed by atoms with Gasteiger partial charge in [-0.15, -0.1) is 0 Å². The Balaban J connectivity index is 2.35. The van der Waals surface area contributed by atoms with Crippen LogP contribution < -0.4 is 48.7 Å². The second-order valence-corrected chi connectivity index (χ2v) is 19.7. The molecule has 1 saturated heterocycles. The highest BCUT2D eigenvalue weighted by Crippen LogP contribution is 2.21. The molecule has 1 heterocycles. The van der Waals surface area contributed by atoms with Crippen LogP contribution in [0.15, 0.2) is 30.3 Å². The first-order valence-corrected chi connectivity index (χ1v) is 26.0. The Morgan fingerprint density at radius 2 is 1.29 bits per heavy atom. The standard InChI is InChI=1S/C48H78N10O14S/c1-7-27(4)38(45(68)52-32(48(71)72)18-21-73-6)56-46(69)39(28(5)60)57-43(66)35(25-59)55-40(63)31(16-11-12-19-49)51-42(65)34(24-37(61)62)53-41(64)33(23-29-14-9-8-10-15-29)54-44(67)36-17-13-20-58(36)47(70)30(50)22-26(2)3/h8-10,14-15,26-28,30-36,38-39,59-60H,7,11-13,16-25,49-50H2,1-6H3,(H,51,65)(H,52,68)(H,53,64)(H,54,67)(H,55,63)(H,56,69)(H,57,66)(H,61,62)(H,71,72)/t27-,28+,30-,31-,32-,33-,34-,35-,36-,38-,39-/m0/s1. The number of nitrogens with zero attached hydrogens (tertiary/aromatic N) is 1. The molecule has 0 saturated carbocycles. The van der Waals surface area contributed by atoms with Crippen LogP contribution >= 0.6 is 11.8 Å². The molecule has 410 valence electrons. The summed E-state index contributed by atoms with van der Waals surface area (Å²) in [6.45, 7) is 7.70. The van der Waals surface area contributed by atoms with Gasteiger partial charge in [0, 0.05) is 13.0 Å². The Hall–Kier alpha value is -5.89. The fraction of sp³-hybridized carbons (Fsp3) is 0.667. The predicted octanol–water partition coefficient (Wildman–Crippen LogP) is -2.15. The van der Waals surface area contributed by atoms with E-state index in [0.29, 0.717) is 37.0 Å². The van der Waals surface area contributed by atoms with Crippen molar-refractivity contribution in [2.24, 2.45) is 23.3 Å². The second-order valence-electron chi connectivity index (χ2n) is 18.7. The van der Waals surface area contributed by atoms with Crippen LogP contribution in [0.25, 0.3) is 0 Å². The summed E-state index contributed by atoms with van der Waals surface area (Å²) < 4.78 is 0. The van der Waals surface area contributed by atoms with E-state index in [1.165, 1.54) is 16.7 Å². The van der Waals surface area contributed by atoms with E-state index >= 15 is 0 Å². The number of carbonyl (C=O) groups is 10. The molecule has 1 aromatic rings. The monoisotopic (exact) mass is 1050 g/mol. The molecular formula is C48H78N10O14S. The molecule has 0 spiro atoms. The number of nitrogens with two attached hydrogens (primary N) is 2. The highest BCUT2D eigenvalue weighted by molar-refractivity contribution is 7.98. The number of aliphatic hydroxyl groups is 2. The van der Waals surface area contributed by atoms with Crippen molar-refractivity contribution in [2.75, 3.05) is 31.7 Å². The van der Waals surface area contributed by atoms with Crippen LogP contribution in [-0.4, -0.2) is 177 Å². The zero-order valence-corrected chi connectivity index (χ0v) is 43.4. The molecule has 25 heteroatoms. The Morgan fingerprint density at radius 1 is 0.726 bits per heavy atom. The van der Waals surface area contributed by atoms with Gasteiger partial charge in [-0.1, -0.05) is 64.4 Å². The Morgan fingerprint density at radius 3 is 1.85 bits per heavy atom. The van der Waals surface area contributed by atoms with Gasteiger partial charge in [0.15, 0.2) is 0 Å². The third kappa shape index (κ3) is 21.2. The van der Waals surface area contributed by atoms with Gasteiger partial charge in [0.05, 0.1) is 25.2 Å². The number of rotatable bonds is 33. The van der Waals surface area contributed by atoms with E-state index in [1.54, 1.807) is 50.4 Å². The summed E-state index contributed by atoms with van der Waals surface area (Å²) in [5, 5.41) is 57.4. The quantitative estimate of drug-likeness (QED) is 0.0334. The molecule has 24 nitrogen and oxygen atoms in total. The fourth-order valence-electron chi connectivity index (χ4n) is 7.97. The second kappa shape index (κ2) is 32.3. The van der Waals surface area contributed by atoms with Crippen LogP contribution in [0, 0.1) is 11.8 Å². The first-order valence-electron chi connectivity index (χ1n) is 24.6. The first-order chi connectivity index (χ1) is 34.5. The number of benzene rings is 1. The van der Waals surface area contributed by atoms with Gasteiger partial charge in [-0.25, -0.2) is 4.79 Å². The third-order valence-electron chi connectivity index (χ3n) is 12.3. The van der Waals surface area contributed by atoms with Crippen molar-refractivity contribution in [1.29, 1.82) is 0 Å². The molecule has 1 fully saturated rings. The maximum Gasteiger partial charge on any atom is 0.326 e. The number of amides is 8. The minimum absolute atomic E-state index is 0.0956. The van der Waals surface area contributed by atoms with Gasteiger partial charge < -0.3 is 74.0 Å². The van der Waals surface area contributed by atoms with Crippen molar-refractivity contribution in [3.05, 3.63) is 35.9 Å². The highest BCUT2D eigenvalue weighted by Gasteiger charge is 2.40. The van der Waals surface area contributed by atoms with Crippen molar-refractivity contribution in [2.45, 2.75) is 159 Å². The number of hydrogen-bond donors (Lipinski definition) is 13. The summed E-state index contributed by atoms with van der Waals surface area (Å²) in [7, 11) is 0. The molecule has 11 atom stereocenters. The summed E-state index contributed by atoms with van der Waals surface area (Å²) in [5.74, 6) is -10.1. The van der Waals surface area contributed by atoms with Crippen LogP contribution in [0.2, 0.25) is 0 Å².